The van der Waals surface area contributed by atoms with Crippen molar-refractivity contribution in [3.8, 4) is 0 Å². The Morgan fingerprint density at radius 2 is 2.22 bits per heavy atom. The maximum atomic E-state index is 12.1. The average Bonchev–Trinajstić information content (AvgIpc) is 2.97. The van der Waals surface area contributed by atoms with Gasteiger partial charge < -0.3 is 11.1 Å². The number of nitrogens with one attached hydrogen (secondary N) is 1. The van der Waals surface area contributed by atoms with Crippen molar-refractivity contribution in [1.29, 1.82) is 0 Å². The van der Waals surface area contributed by atoms with Gasteiger partial charge in [-0.3, -0.25) is 9.69 Å². The van der Waals surface area contributed by atoms with E-state index in [2.05, 4.69) is 5.32 Å². The molecular formula is C12H19N3O2S. The lowest BCUT2D eigenvalue weighted by molar-refractivity contribution is -0.128. The fraction of sp³-hybridized carbons (Fsp3) is 0.750. The smallest absolute Gasteiger partial charge is 0.324 e. The lowest BCUT2D eigenvalue weighted by Gasteiger charge is -2.20. The molecule has 3 N–H and O–H groups in total. The normalized spacial score (nSPS) is 25.2. The number of carbonyl (C=O) groups excluding carboxylic acids is 2. The third-order valence-electron chi connectivity index (χ3n) is 3.68. The topological polar surface area (TPSA) is 75.4 Å². The molecule has 2 rings (SSSR count). The predicted octanol–water partition coefficient (Wildman–Crippen LogP) is 1.16. The highest BCUT2D eigenvalue weighted by Gasteiger charge is 2.49. The predicted molar refractivity (Wildman–Crippen MR) is 72.0 cm³/mol. The highest BCUT2D eigenvalue weighted by Crippen LogP contribution is 2.49. The number of imide groups is 1. The van der Waals surface area contributed by atoms with Crippen LogP contribution in [0.4, 0.5) is 4.79 Å². The van der Waals surface area contributed by atoms with E-state index in [4.69, 9.17) is 18.0 Å². The second kappa shape index (κ2) is 4.84. The number of hydrogen-bond acceptors (Lipinski definition) is 3. The molecule has 0 aromatic rings. The number of hydrogen-bond donors (Lipinski definition) is 2. The molecule has 1 atom stereocenters. The first-order chi connectivity index (χ1) is 8.47. The fourth-order valence-corrected chi connectivity index (χ4v) is 2.79. The van der Waals surface area contributed by atoms with Crippen molar-refractivity contribution < 1.29 is 9.59 Å². The first kappa shape index (κ1) is 13.3. The van der Waals surface area contributed by atoms with Crippen LogP contribution < -0.4 is 11.1 Å². The minimum absolute atomic E-state index is 0.0417. The van der Waals surface area contributed by atoms with Gasteiger partial charge in [0.1, 0.15) is 6.04 Å². The van der Waals surface area contributed by atoms with E-state index in [-0.39, 0.29) is 23.4 Å². The molecule has 100 valence electrons. The standard InChI is InChI=1S/C12H19N3O2S/c1-2-3-8-10(16)15(11(17)14-8)7-12(4-5-12)6-9(13)18/h8H,2-7H2,1H3,(H2,13,18)(H,14,17). The Hall–Kier alpha value is -1.17. The first-order valence-electron chi connectivity index (χ1n) is 6.37. The molecular weight excluding hydrogens is 250 g/mol. The summed E-state index contributed by atoms with van der Waals surface area (Å²) in [5, 5.41) is 2.73. The highest BCUT2D eigenvalue weighted by molar-refractivity contribution is 7.80. The summed E-state index contributed by atoms with van der Waals surface area (Å²) in [6, 6.07) is -0.615. The minimum atomic E-state index is -0.344. The summed E-state index contributed by atoms with van der Waals surface area (Å²) < 4.78 is 0. The van der Waals surface area contributed by atoms with Crippen LogP contribution in [0.25, 0.3) is 0 Å². The molecule has 2 aliphatic rings. The average molecular weight is 269 g/mol. The van der Waals surface area contributed by atoms with Crippen molar-refractivity contribution in [1.82, 2.24) is 10.2 Å². The Morgan fingerprint density at radius 3 is 2.72 bits per heavy atom. The maximum Gasteiger partial charge on any atom is 0.324 e. The number of nitrogens with two attached hydrogens (primary N) is 1. The molecule has 1 heterocycles. The number of carbonyl (C=O) groups is 2. The molecule has 1 aliphatic carbocycles. The number of thiocarbonyl (C=S) groups is 1. The summed E-state index contributed by atoms with van der Waals surface area (Å²) in [6.07, 6.45) is 4.17. The maximum absolute atomic E-state index is 12.1. The zero-order valence-corrected chi connectivity index (χ0v) is 11.4. The Bertz CT molecular complexity index is 393. The summed E-state index contributed by atoms with van der Waals surface area (Å²) in [5.41, 5.74) is 5.52. The van der Waals surface area contributed by atoms with Crippen LogP contribution in [-0.4, -0.2) is 34.4 Å². The van der Waals surface area contributed by atoms with Crippen molar-refractivity contribution >= 4 is 29.1 Å². The van der Waals surface area contributed by atoms with E-state index in [9.17, 15) is 9.59 Å². The third kappa shape index (κ3) is 2.63. The summed E-state index contributed by atoms with van der Waals surface area (Å²) >= 11 is 4.92. The van der Waals surface area contributed by atoms with E-state index in [1.165, 1.54) is 4.90 Å². The monoisotopic (exact) mass is 269 g/mol. The molecule has 0 aromatic carbocycles. The molecule has 0 aromatic heterocycles. The molecule has 6 heteroatoms. The van der Waals surface area contributed by atoms with Gasteiger partial charge in [0.05, 0.1) is 4.99 Å². The lowest BCUT2D eigenvalue weighted by atomic mass is 10.0. The Kier molecular flexibility index (Phi) is 3.56. The van der Waals surface area contributed by atoms with Gasteiger partial charge in [-0.15, -0.1) is 0 Å². The molecule has 0 bridgehead atoms. The van der Waals surface area contributed by atoms with Crippen LogP contribution in [0.3, 0.4) is 0 Å². The zero-order valence-electron chi connectivity index (χ0n) is 10.6. The van der Waals surface area contributed by atoms with Gasteiger partial charge >= 0.3 is 6.03 Å². The van der Waals surface area contributed by atoms with Gasteiger partial charge in [0.15, 0.2) is 0 Å². The zero-order chi connectivity index (χ0) is 13.3. The number of amides is 3. The molecule has 18 heavy (non-hydrogen) atoms. The van der Waals surface area contributed by atoms with Crippen LogP contribution >= 0.6 is 12.2 Å². The Labute approximate surface area is 112 Å². The van der Waals surface area contributed by atoms with Crippen LogP contribution in [0, 0.1) is 5.41 Å². The lowest BCUT2D eigenvalue weighted by Crippen LogP contribution is -2.37. The van der Waals surface area contributed by atoms with E-state index in [1.54, 1.807) is 0 Å². The molecule has 1 saturated carbocycles. The highest BCUT2D eigenvalue weighted by atomic mass is 32.1. The van der Waals surface area contributed by atoms with Crippen molar-refractivity contribution in [2.45, 2.75) is 45.1 Å². The quantitative estimate of drug-likeness (QED) is 0.560. The fourth-order valence-electron chi connectivity index (χ4n) is 2.48. The molecule has 2 fully saturated rings. The molecule has 5 nitrogen and oxygen atoms in total. The summed E-state index contributed by atoms with van der Waals surface area (Å²) in [6.45, 7) is 2.45. The van der Waals surface area contributed by atoms with Crippen molar-refractivity contribution in [3.05, 3.63) is 0 Å². The van der Waals surface area contributed by atoms with Gasteiger partial charge in [-0.1, -0.05) is 25.6 Å². The van der Waals surface area contributed by atoms with Gasteiger partial charge in [0, 0.05) is 13.0 Å². The van der Waals surface area contributed by atoms with Gasteiger partial charge in [-0.2, -0.15) is 0 Å². The molecule has 0 spiro atoms. The van der Waals surface area contributed by atoms with E-state index < -0.39 is 0 Å². The van der Waals surface area contributed by atoms with E-state index >= 15 is 0 Å². The number of nitrogens with zero attached hydrogens (tertiary/aromatic N) is 1. The van der Waals surface area contributed by atoms with Gasteiger partial charge in [-0.25, -0.2) is 4.79 Å². The molecule has 1 unspecified atom stereocenters. The van der Waals surface area contributed by atoms with Gasteiger partial charge in [0.25, 0.3) is 5.91 Å². The Morgan fingerprint density at radius 1 is 1.56 bits per heavy atom. The van der Waals surface area contributed by atoms with Crippen molar-refractivity contribution in [2.24, 2.45) is 11.1 Å². The molecule has 0 radical (unpaired) electrons. The van der Waals surface area contributed by atoms with Crippen LogP contribution in [0.15, 0.2) is 0 Å². The van der Waals surface area contributed by atoms with Gasteiger partial charge in [-0.05, 0) is 24.7 Å². The second-order valence-electron chi connectivity index (χ2n) is 5.36. The van der Waals surface area contributed by atoms with E-state index in [0.29, 0.717) is 24.4 Å². The largest absolute Gasteiger partial charge is 0.393 e. The van der Waals surface area contributed by atoms with Crippen LogP contribution in [-0.2, 0) is 4.79 Å². The van der Waals surface area contributed by atoms with E-state index in [1.807, 2.05) is 6.92 Å². The SMILES string of the molecule is CCCC1NC(=O)N(CC2(CC(N)=S)CC2)C1=O. The number of rotatable bonds is 6. The number of urea groups is 1. The molecule has 1 saturated heterocycles. The third-order valence-corrected chi connectivity index (χ3v) is 3.83. The van der Waals surface area contributed by atoms with Crippen LogP contribution in [0.2, 0.25) is 0 Å². The second-order valence-corrected chi connectivity index (χ2v) is 5.88. The molecule has 3 amide bonds. The van der Waals surface area contributed by atoms with Crippen molar-refractivity contribution in [2.75, 3.05) is 6.54 Å². The summed E-state index contributed by atoms with van der Waals surface area (Å²) in [4.78, 5) is 25.7. The summed E-state index contributed by atoms with van der Waals surface area (Å²) in [5.74, 6) is -0.101. The van der Waals surface area contributed by atoms with Gasteiger partial charge in [0.2, 0.25) is 0 Å². The van der Waals surface area contributed by atoms with E-state index in [0.717, 1.165) is 19.3 Å². The first-order valence-corrected chi connectivity index (χ1v) is 6.78. The van der Waals surface area contributed by atoms with Crippen molar-refractivity contribution in [3.63, 3.8) is 0 Å². The minimum Gasteiger partial charge on any atom is -0.393 e. The summed E-state index contributed by atoms with van der Waals surface area (Å²) in [7, 11) is 0. The van der Waals surface area contributed by atoms with Crippen LogP contribution in [0.1, 0.15) is 39.0 Å². The Balaban J connectivity index is 1.99. The molecule has 1 aliphatic heterocycles. The van der Waals surface area contributed by atoms with Crippen LogP contribution in [0.5, 0.6) is 0 Å².